The van der Waals surface area contributed by atoms with Crippen molar-refractivity contribution in [2.45, 2.75) is 13.1 Å². The van der Waals surface area contributed by atoms with Crippen molar-refractivity contribution >= 4 is 31.2 Å². The molecule has 3 aromatic carbocycles. The van der Waals surface area contributed by atoms with Gasteiger partial charge in [-0.25, -0.2) is 0 Å². The maximum atomic E-state index is 2.99. The van der Waals surface area contributed by atoms with Crippen molar-refractivity contribution in [3.63, 3.8) is 0 Å². The minimum absolute atomic E-state index is 0. The molecule has 24 heavy (non-hydrogen) atoms. The van der Waals surface area contributed by atoms with Crippen LogP contribution in [0.2, 0.25) is 13.1 Å². The van der Waals surface area contributed by atoms with Crippen molar-refractivity contribution in [3.8, 4) is 0 Å². The van der Waals surface area contributed by atoms with Crippen LogP contribution in [0.3, 0.4) is 0 Å². The number of fused-ring (bicyclic) bond motifs is 2. The van der Waals surface area contributed by atoms with E-state index < -0.39 is 0 Å². The average Bonchev–Trinajstić information content (AvgIpc) is 3.17. The Kier molecular flexibility index (Phi) is 15.3. The molecule has 5 heteroatoms. The van der Waals surface area contributed by atoms with Gasteiger partial charge in [-0.15, -0.1) is 53.5 Å². The molecule has 0 spiro atoms. The molecule has 0 atom stereocenters. The second kappa shape index (κ2) is 14.4. The zero-order valence-corrected chi connectivity index (χ0v) is 17.8. The number of para-hydroxylation sites is 1. The van der Waals surface area contributed by atoms with Crippen molar-refractivity contribution < 1.29 is 46.5 Å². The molecule has 1 aromatic heterocycles. The molecular weight excluding hydrogens is 389 g/mol. The SMILES string of the molecule is C[Si]C.[Cl-].[Cl-].[Ti+4].[c-]1cc2ccccc2[nH]1.c1ccc2[cH-]ccc2c1. The Morgan fingerprint density at radius 1 is 0.875 bits per heavy atom. The molecule has 4 aromatic rings. The van der Waals surface area contributed by atoms with Crippen LogP contribution in [0.5, 0.6) is 0 Å². The molecule has 0 bridgehead atoms. The number of nitrogens with one attached hydrogen (secondary N) is 1. The van der Waals surface area contributed by atoms with Gasteiger partial charge in [0.05, 0.1) is 0 Å². The van der Waals surface area contributed by atoms with E-state index in [0.717, 1.165) is 15.0 Å². The molecule has 122 valence electrons. The molecule has 1 N–H and O–H groups in total. The van der Waals surface area contributed by atoms with E-state index in [0.29, 0.717) is 0 Å². The molecule has 0 amide bonds. The number of hydrogen-bond donors (Lipinski definition) is 1. The summed E-state index contributed by atoms with van der Waals surface area (Å²) >= 11 is 0. The zero-order chi connectivity index (χ0) is 14.9. The third-order valence-corrected chi connectivity index (χ3v) is 2.94. The van der Waals surface area contributed by atoms with Gasteiger partial charge in [-0.05, 0) is 0 Å². The van der Waals surface area contributed by atoms with E-state index in [1.807, 2.05) is 24.3 Å². The summed E-state index contributed by atoms with van der Waals surface area (Å²) in [6.45, 7) is 4.31. The summed E-state index contributed by atoms with van der Waals surface area (Å²) in [6, 6.07) is 24.7. The van der Waals surface area contributed by atoms with Crippen LogP contribution in [0.25, 0.3) is 21.7 Å². The summed E-state index contributed by atoms with van der Waals surface area (Å²) in [5.41, 5.74) is 1.15. The maximum absolute atomic E-state index is 2.99. The van der Waals surface area contributed by atoms with Crippen molar-refractivity contribution in [1.82, 2.24) is 4.98 Å². The summed E-state index contributed by atoms with van der Waals surface area (Å²) in [7, 11) is 1.08. The van der Waals surface area contributed by atoms with Crippen LogP contribution in [0.1, 0.15) is 0 Å². The maximum Gasteiger partial charge on any atom is 4.00 e. The summed E-state index contributed by atoms with van der Waals surface area (Å²) in [5.74, 6) is 0. The minimum atomic E-state index is 0. The normalized spacial score (nSPS) is 8.42. The van der Waals surface area contributed by atoms with Gasteiger partial charge >= 0.3 is 21.7 Å². The first-order valence-corrected chi connectivity index (χ1v) is 8.98. The Labute approximate surface area is 174 Å². The van der Waals surface area contributed by atoms with E-state index in [2.05, 4.69) is 72.8 Å². The average molecular weight is 408 g/mol. The molecule has 0 unspecified atom stereocenters. The fourth-order valence-corrected chi connectivity index (χ4v) is 2.00. The standard InChI is InChI=1S/C9H7.C8H6N.C2H6Si.2ClH.Ti/c1-2-5-9-7-3-6-8(9)4-1;1-2-4-8-7(3-1)5-6-9-8;1-3-2;;;/h1-7H;1-5,9H;1-2H3;2*1H;/q2*-1;;;;+4/p-2. The van der Waals surface area contributed by atoms with Crippen molar-refractivity contribution in [1.29, 1.82) is 0 Å². The molecule has 4 rings (SSSR count). The monoisotopic (exact) mass is 407 g/mol. The number of hydrogen-bond acceptors (Lipinski definition) is 0. The predicted octanol–water partition coefficient (Wildman–Crippen LogP) is -0.681. The van der Waals surface area contributed by atoms with Gasteiger partial charge in [-0.2, -0.15) is 29.0 Å². The number of aromatic amines is 1. The number of rotatable bonds is 0. The van der Waals surface area contributed by atoms with Crippen LogP contribution < -0.4 is 24.8 Å². The van der Waals surface area contributed by atoms with Gasteiger partial charge < -0.3 is 29.8 Å². The third-order valence-electron chi connectivity index (χ3n) is 2.94. The minimum Gasteiger partial charge on any atom is -1.00 e. The second-order valence-corrected chi connectivity index (χ2v) is 5.66. The Morgan fingerprint density at radius 3 is 2.08 bits per heavy atom. The van der Waals surface area contributed by atoms with Gasteiger partial charge in [0.25, 0.3) is 0 Å². The third kappa shape index (κ3) is 7.78. The number of benzene rings is 2. The van der Waals surface area contributed by atoms with Crippen LogP contribution >= 0.6 is 0 Å². The van der Waals surface area contributed by atoms with Gasteiger partial charge in [-0.3, -0.25) is 0 Å². The van der Waals surface area contributed by atoms with Gasteiger partial charge in [0, 0.05) is 9.52 Å². The van der Waals surface area contributed by atoms with Crippen molar-refractivity contribution in [2.24, 2.45) is 0 Å². The summed E-state index contributed by atoms with van der Waals surface area (Å²) in [5, 5.41) is 3.88. The molecule has 0 aliphatic rings. The quantitative estimate of drug-likeness (QED) is 0.293. The zero-order valence-electron chi connectivity index (χ0n) is 13.7. The molecule has 1 heterocycles. The number of halogens is 2. The fourth-order valence-electron chi connectivity index (χ4n) is 2.00. The smallest absolute Gasteiger partial charge is 1.00 e. The topological polar surface area (TPSA) is 15.8 Å². The Hall–Kier alpha value is -0.899. The summed E-state index contributed by atoms with van der Waals surface area (Å²) in [6.07, 6.45) is 2.91. The molecule has 0 saturated carbocycles. The van der Waals surface area contributed by atoms with Gasteiger partial charge in [0.2, 0.25) is 0 Å². The van der Waals surface area contributed by atoms with E-state index >= 15 is 0 Å². The molecule has 0 aliphatic carbocycles. The molecule has 2 radical (unpaired) electrons. The first-order chi connectivity index (χ1) is 10.3. The van der Waals surface area contributed by atoms with E-state index in [9.17, 15) is 0 Å². The van der Waals surface area contributed by atoms with Crippen LogP contribution in [-0.4, -0.2) is 14.5 Å². The van der Waals surface area contributed by atoms with Crippen LogP contribution in [-0.2, 0) is 21.7 Å². The molecule has 0 aliphatic heterocycles. The van der Waals surface area contributed by atoms with Crippen LogP contribution in [0, 0.1) is 6.20 Å². The summed E-state index contributed by atoms with van der Waals surface area (Å²) < 4.78 is 0. The molecule has 1 nitrogen and oxygen atoms in total. The van der Waals surface area contributed by atoms with E-state index in [-0.39, 0.29) is 46.5 Å². The Morgan fingerprint density at radius 2 is 1.46 bits per heavy atom. The number of H-pyrrole nitrogens is 1. The molecule has 0 fully saturated rings. The molecule has 0 saturated heterocycles. The van der Waals surface area contributed by atoms with E-state index in [1.54, 1.807) is 0 Å². The van der Waals surface area contributed by atoms with E-state index in [1.165, 1.54) is 16.2 Å². The van der Waals surface area contributed by atoms with Gasteiger partial charge in [0.15, 0.2) is 0 Å². The molecular formula is C19H19Cl2NSiTi. The van der Waals surface area contributed by atoms with Gasteiger partial charge in [-0.1, -0.05) is 31.3 Å². The number of aromatic nitrogens is 1. The second-order valence-electron chi connectivity index (χ2n) is 4.66. The van der Waals surface area contributed by atoms with E-state index in [4.69, 9.17) is 0 Å². The summed E-state index contributed by atoms with van der Waals surface area (Å²) in [4.78, 5) is 2.99. The van der Waals surface area contributed by atoms with Crippen LogP contribution in [0.4, 0.5) is 0 Å². The predicted molar refractivity (Wildman–Crippen MR) is 94.2 cm³/mol. The fraction of sp³-hybridized carbons (Fsp3) is 0.105. The van der Waals surface area contributed by atoms with Crippen molar-refractivity contribution in [2.75, 3.05) is 0 Å². The van der Waals surface area contributed by atoms with Crippen molar-refractivity contribution in [3.05, 3.63) is 79.0 Å². The van der Waals surface area contributed by atoms with Gasteiger partial charge in [0.1, 0.15) is 0 Å². The Balaban J connectivity index is 0. The largest absolute Gasteiger partial charge is 4.00 e. The van der Waals surface area contributed by atoms with Crippen LogP contribution in [0.15, 0.2) is 72.8 Å². The first kappa shape index (κ1) is 25.3. The first-order valence-electron chi connectivity index (χ1n) is 6.98. The Bertz CT molecular complexity index is 656.